The van der Waals surface area contributed by atoms with Gasteiger partial charge in [0.1, 0.15) is 10.7 Å². The maximum absolute atomic E-state index is 13.3. The van der Waals surface area contributed by atoms with Crippen molar-refractivity contribution in [2.45, 2.75) is 9.79 Å². The van der Waals surface area contributed by atoms with Crippen LogP contribution in [0.4, 0.5) is 5.82 Å². The Morgan fingerprint density at radius 3 is 2.27 bits per heavy atom. The van der Waals surface area contributed by atoms with Gasteiger partial charge >= 0.3 is 0 Å². The Hall–Kier alpha value is -2.44. The minimum Gasteiger partial charge on any atom is -0.353 e. The predicted octanol–water partition coefficient (Wildman–Crippen LogP) is 2.82. The number of anilines is 1. The number of sulfone groups is 1. The first kappa shape index (κ1) is 17.0. The van der Waals surface area contributed by atoms with Gasteiger partial charge in [0, 0.05) is 31.6 Å². The van der Waals surface area contributed by atoms with E-state index in [1.807, 2.05) is 30.3 Å². The van der Waals surface area contributed by atoms with Crippen LogP contribution in [0.5, 0.6) is 0 Å². The number of hydrogen-bond donors (Lipinski definition) is 0. The summed E-state index contributed by atoms with van der Waals surface area (Å²) in [6.45, 7) is 3.30. The highest BCUT2D eigenvalue weighted by molar-refractivity contribution is 7.91. The second kappa shape index (κ2) is 6.70. The molecule has 2 aromatic carbocycles. The van der Waals surface area contributed by atoms with Crippen molar-refractivity contribution in [3.63, 3.8) is 0 Å². The van der Waals surface area contributed by atoms with E-state index in [9.17, 15) is 8.42 Å². The highest BCUT2D eigenvalue weighted by Crippen LogP contribution is 2.32. The van der Waals surface area contributed by atoms with Crippen molar-refractivity contribution in [1.29, 1.82) is 0 Å². The molecule has 26 heavy (non-hydrogen) atoms. The number of likely N-dealkylation sites (N-methyl/N-ethyl adjacent to an activating group) is 1. The summed E-state index contributed by atoms with van der Waals surface area (Å²) in [4.78, 5) is 9.65. The van der Waals surface area contributed by atoms with Gasteiger partial charge in [-0.25, -0.2) is 13.4 Å². The van der Waals surface area contributed by atoms with Crippen LogP contribution in [0.2, 0.25) is 0 Å². The van der Waals surface area contributed by atoms with Crippen molar-refractivity contribution < 1.29 is 8.42 Å². The fourth-order valence-corrected chi connectivity index (χ4v) is 4.72. The SMILES string of the molecule is CN1CCN(c2nc3ccccc3cc2S(=O)(=O)c2ccccc2)CC1. The zero-order valence-electron chi connectivity index (χ0n) is 14.7. The summed E-state index contributed by atoms with van der Waals surface area (Å²) in [6.07, 6.45) is 0. The van der Waals surface area contributed by atoms with Crippen molar-refractivity contribution in [3.05, 3.63) is 60.7 Å². The summed E-state index contributed by atoms with van der Waals surface area (Å²) in [6, 6.07) is 18.0. The summed E-state index contributed by atoms with van der Waals surface area (Å²) in [7, 11) is -1.57. The Morgan fingerprint density at radius 1 is 0.885 bits per heavy atom. The monoisotopic (exact) mass is 367 g/mol. The normalized spacial score (nSPS) is 16.1. The highest BCUT2D eigenvalue weighted by Gasteiger charge is 2.27. The second-order valence-electron chi connectivity index (χ2n) is 6.61. The molecular formula is C20H21N3O2S. The van der Waals surface area contributed by atoms with Crippen LogP contribution in [0.15, 0.2) is 70.5 Å². The number of para-hydroxylation sites is 1. The molecule has 3 aromatic rings. The van der Waals surface area contributed by atoms with Crippen molar-refractivity contribution in [2.75, 3.05) is 38.1 Å². The molecule has 0 unspecified atom stereocenters. The smallest absolute Gasteiger partial charge is 0.210 e. The van der Waals surface area contributed by atoms with Gasteiger partial charge in [-0.15, -0.1) is 0 Å². The number of hydrogen-bond acceptors (Lipinski definition) is 5. The van der Waals surface area contributed by atoms with E-state index < -0.39 is 9.84 Å². The van der Waals surface area contributed by atoms with Gasteiger partial charge in [-0.05, 0) is 31.3 Å². The molecule has 4 rings (SSSR count). The van der Waals surface area contributed by atoms with Crippen molar-refractivity contribution >= 4 is 26.6 Å². The summed E-state index contributed by atoms with van der Waals surface area (Å²) in [5.41, 5.74) is 0.813. The minimum absolute atomic E-state index is 0.284. The maximum atomic E-state index is 13.3. The fraction of sp³-hybridized carbons (Fsp3) is 0.250. The van der Waals surface area contributed by atoms with Gasteiger partial charge < -0.3 is 9.80 Å². The van der Waals surface area contributed by atoms with Gasteiger partial charge in [0.15, 0.2) is 0 Å². The Labute approximate surface area is 153 Å². The quantitative estimate of drug-likeness (QED) is 0.712. The maximum Gasteiger partial charge on any atom is 0.210 e. The highest BCUT2D eigenvalue weighted by atomic mass is 32.2. The molecule has 1 aromatic heterocycles. The molecule has 0 saturated carbocycles. The van der Waals surface area contributed by atoms with E-state index in [1.54, 1.807) is 30.3 Å². The number of fused-ring (bicyclic) bond motifs is 1. The summed E-state index contributed by atoms with van der Waals surface area (Å²) >= 11 is 0. The van der Waals surface area contributed by atoms with Gasteiger partial charge in [-0.2, -0.15) is 0 Å². The molecule has 6 heteroatoms. The van der Waals surface area contributed by atoms with E-state index in [1.165, 1.54) is 0 Å². The average molecular weight is 367 g/mol. The summed E-state index contributed by atoms with van der Waals surface area (Å²) in [5, 5.41) is 0.833. The number of nitrogens with zero attached hydrogens (tertiary/aromatic N) is 3. The lowest BCUT2D eigenvalue weighted by Gasteiger charge is -2.34. The van der Waals surface area contributed by atoms with Crippen LogP contribution in [0.1, 0.15) is 0 Å². The molecule has 2 heterocycles. The number of aromatic nitrogens is 1. The van der Waals surface area contributed by atoms with Crippen molar-refractivity contribution in [3.8, 4) is 0 Å². The third-order valence-corrected chi connectivity index (χ3v) is 6.59. The van der Waals surface area contributed by atoms with E-state index in [4.69, 9.17) is 4.98 Å². The van der Waals surface area contributed by atoms with Crippen LogP contribution >= 0.6 is 0 Å². The Bertz CT molecular complexity index is 1030. The summed E-state index contributed by atoms with van der Waals surface area (Å²) < 4.78 is 26.7. The molecule has 0 spiro atoms. The standard InChI is InChI=1S/C20H21N3O2S/c1-22-11-13-23(14-12-22)20-19(15-16-7-5-6-10-18(16)21-20)26(24,25)17-8-3-2-4-9-17/h2-10,15H,11-14H2,1H3. The van der Waals surface area contributed by atoms with E-state index in [0.29, 0.717) is 10.7 Å². The van der Waals surface area contributed by atoms with E-state index in [2.05, 4.69) is 16.8 Å². The first-order valence-corrected chi connectivity index (χ1v) is 10.2. The molecule has 1 aliphatic rings. The van der Waals surface area contributed by atoms with E-state index in [0.717, 1.165) is 37.1 Å². The molecule has 134 valence electrons. The number of benzene rings is 2. The first-order valence-electron chi connectivity index (χ1n) is 8.69. The first-order chi connectivity index (χ1) is 12.6. The van der Waals surface area contributed by atoms with Crippen LogP contribution in [0, 0.1) is 0 Å². The number of pyridine rings is 1. The third kappa shape index (κ3) is 3.06. The van der Waals surface area contributed by atoms with Crippen LogP contribution in [-0.4, -0.2) is 51.5 Å². The van der Waals surface area contributed by atoms with Crippen molar-refractivity contribution in [2.24, 2.45) is 0 Å². The molecule has 0 bridgehead atoms. The Kier molecular flexibility index (Phi) is 4.38. The molecule has 1 fully saturated rings. The van der Waals surface area contributed by atoms with Crippen LogP contribution in [0.3, 0.4) is 0 Å². The molecule has 0 aliphatic carbocycles. The molecule has 0 N–H and O–H groups in total. The predicted molar refractivity (Wildman–Crippen MR) is 103 cm³/mol. The molecule has 1 saturated heterocycles. The minimum atomic E-state index is -3.64. The topological polar surface area (TPSA) is 53.5 Å². The van der Waals surface area contributed by atoms with E-state index in [-0.39, 0.29) is 4.90 Å². The van der Waals surface area contributed by atoms with Gasteiger partial charge in [0.05, 0.1) is 10.4 Å². The fourth-order valence-electron chi connectivity index (χ4n) is 3.26. The lowest BCUT2D eigenvalue weighted by molar-refractivity contribution is 0.311. The number of rotatable bonds is 3. The van der Waals surface area contributed by atoms with Gasteiger partial charge in [-0.3, -0.25) is 0 Å². The van der Waals surface area contributed by atoms with Crippen LogP contribution in [0.25, 0.3) is 10.9 Å². The largest absolute Gasteiger partial charge is 0.353 e. The molecular weight excluding hydrogens is 346 g/mol. The van der Waals surface area contributed by atoms with Gasteiger partial charge in [0.25, 0.3) is 0 Å². The lowest BCUT2D eigenvalue weighted by atomic mass is 10.2. The number of piperazine rings is 1. The Balaban J connectivity index is 1.90. The van der Waals surface area contributed by atoms with Crippen LogP contribution in [-0.2, 0) is 9.84 Å². The van der Waals surface area contributed by atoms with E-state index >= 15 is 0 Å². The average Bonchev–Trinajstić information content (AvgIpc) is 2.68. The zero-order valence-corrected chi connectivity index (χ0v) is 15.5. The molecule has 0 atom stereocenters. The molecule has 0 amide bonds. The Morgan fingerprint density at radius 2 is 1.54 bits per heavy atom. The lowest BCUT2D eigenvalue weighted by Crippen LogP contribution is -2.45. The van der Waals surface area contributed by atoms with Crippen molar-refractivity contribution in [1.82, 2.24) is 9.88 Å². The van der Waals surface area contributed by atoms with Crippen LogP contribution < -0.4 is 4.90 Å². The molecule has 5 nitrogen and oxygen atoms in total. The second-order valence-corrected chi connectivity index (χ2v) is 8.53. The molecule has 0 radical (unpaired) electrons. The summed E-state index contributed by atoms with van der Waals surface area (Å²) in [5.74, 6) is 0.556. The van der Waals surface area contributed by atoms with Gasteiger partial charge in [0.2, 0.25) is 9.84 Å². The van der Waals surface area contributed by atoms with Gasteiger partial charge in [-0.1, -0.05) is 36.4 Å². The zero-order chi connectivity index (χ0) is 18.1. The third-order valence-electron chi connectivity index (χ3n) is 4.82. The molecule has 1 aliphatic heterocycles.